The first kappa shape index (κ1) is 9.65. The number of phenolic OH excluding ortho intramolecular Hbond substituents is 2. The Balaban J connectivity index is 3.26. The molecule has 2 N–H and O–H groups in total. The summed E-state index contributed by atoms with van der Waals surface area (Å²) in [5.74, 6) is 0.247. The molecule has 0 spiro atoms. The Bertz CT molecular complexity index is 340. The van der Waals surface area contributed by atoms with Gasteiger partial charge in [-0.05, 0) is 31.1 Å². The van der Waals surface area contributed by atoms with Crippen molar-refractivity contribution in [3.05, 3.63) is 29.8 Å². The van der Waals surface area contributed by atoms with E-state index in [1.807, 2.05) is 6.92 Å². The molecule has 13 heavy (non-hydrogen) atoms. The highest BCUT2D eigenvalue weighted by Gasteiger charge is 2.09. The van der Waals surface area contributed by atoms with Gasteiger partial charge in [-0.25, -0.2) is 0 Å². The van der Waals surface area contributed by atoms with Crippen molar-refractivity contribution in [1.29, 1.82) is 0 Å². The maximum Gasteiger partial charge on any atom is 0.129 e. The van der Waals surface area contributed by atoms with Gasteiger partial charge in [-0.2, -0.15) is 0 Å². The van der Waals surface area contributed by atoms with Crippen molar-refractivity contribution in [2.45, 2.75) is 20.3 Å². The molecule has 1 aromatic carbocycles. The van der Waals surface area contributed by atoms with Crippen molar-refractivity contribution in [2.24, 2.45) is 0 Å². The van der Waals surface area contributed by atoms with Crippen LogP contribution in [-0.2, 0) is 0 Å². The third-order valence-electron chi connectivity index (χ3n) is 2.21. The predicted octanol–water partition coefficient (Wildman–Crippen LogP) is 2.83. The summed E-state index contributed by atoms with van der Waals surface area (Å²) in [6.45, 7) is 7.49. The molecule has 0 aliphatic rings. The van der Waals surface area contributed by atoms with Crippen molar-refractivity contribution >= 4 is 5.57 Å². The van der Waals surface area contributed by atoms with Crippen LogP contribution >= 0.6 is 0 Å². The number of rotatable bonds is 2. The van der Waals surface area contributed by atoms with E-state index in [1.165, 1.54) is 0 Å². The largest absolute Gasteiger partial charge is 0.508 e. The van der Waals surface area contributed by atoms with Crippen molar-refractivity contribution < 1.29 is 10.2 Å². The number of hydrogen-bond donors (Lipinski definition) is 2. The molecule has 0 heterocycles. The van der Waals surface area contributed by atoms with Gasteiger partial charge >= 0.3 is 0 Å². The normalized spacial score (nSPS) is 10.0. The standard InChI is InChI=1S/C11H14O2/c1-4-7(2)9-5-6-10(12)8(3)11(9)13/h5-6,12-13H,2,4H2,1,3H3. The molecule has 0 amide bonds. The fourth-order valence-electron chi connectivity index (χ4n) is 1.17. The Hall–Kier alpha value is -1.44. The first-order chi connectivity index (χ1) is 6.07. The summed E-state index contributed by atoms with van der Waals surface area (Å²) >= 11 is 0. The molecule has 0 bridgehead atoms. The molecule has 0 aliphatic heterocycles. The smallest absolute Gasteiger partial charge is 0.129 e. The molecule has 2 heteroatoms. The number of hydrogen-bond acceptors (Lipinski definition) is 2. The molecular formula is C11H14O2. The third kappa shape index (κ3) is 1.66. The van der Waals surface area contributed by atoms with Crippen LogP contribution in [-0.4, -0.2) is 10.2 Å². The Morgan fingerprint density at radius 3 is 2.54 bits per heavy atom. The zero-order chi connectivity index (χ0) is 10.0. The number of benzene rings is 1. The molecule has 0 unspecified atom stereocenters. The Morgan fingerprint density at radius 1 is 1.38 bits per heavy atom. The maximum atomic E-state index is 9.66. The first-order valence-corrected chi connectivity index (χ1v) is 4.27. The molecule has 2 nitrogen and oxygen atoms in total. The van der Waals surface area contributed by atoms with E-state index < -0.39 is 0 Å². The summed E-state index contributed by atoms with van der Waals surface area (Å²) in [5.41, 5.74) is 2.10. The Kier molecular flexibility index (Phi) is 2.61. The lowest BCUT2D eigenvalue weighted by Gasteiger charge is -2.09. The van der Waals surface area contributed by atoms with E-state index in [9.17, 15) is 10.2 Å². The quantitative estimate of drug-likeness (QED) is 0.731. The molecule has 0 atom stereocenters. The summed E-state index contributed by atoms with van der Waals surface area (Å²) in [6, 6.07) is 3.26. The number of allylic oxidation sites excluding steroid dienone is 1. The molecule has 0 saturated carbocycles. The molecule has 0 aliphatic carbocycles. The molecule has 70 valence electrons. The minimum atomic E-state index is 0.116. The highest BCUT2D eigenvalue weighted by atomic mass is 16.3. The van der Waals surface area contributed by atoms with Crippen LogP contribution in [0.1, 0.15) is 24.5 Å². The molecule has 0 saturated heterocycles. The zero-order valence-electron chi connectivity index (χ0n) is 7.96. The van der Waals surface area contributed by atoms with E-state index in [0.29, 0.717) is 5.56 Å². The fraction of sp³-hybridized carbons (Fsp3) is 0.273. The lowest BCUT2D eigenvalue weighted by molar-refractivity contribution is 0.442. The van der Waals surface area contributed by atoms with E-state index in [1.54, 1.807) is 19.1 Å². The fourth-order valence-corrected chi connectivity index (χ4v) is 1.17. The Labute approximate surface area is 78.2 Å². The van der Waals surface area contributed by atoms with Crippen LogP contribution in [0.3, 0.4) is 0 Å². The van der Waals surface area contributed by atoms with E-state index >= 15 is 0 Å². The SMILES string of the molecule is C=C(CC)c1ccc(O)c(C)c1O. The average Bonchev–Trinajstić information content (AvgIpc) is 2.13. The molecule has 1 rings (SSSR count). The van der Waals surface area contributed by atoms with E-state index in [-0.39, 0.29) is 11.5 Å². The van der Waals surface area contributed by atoms with Crippen molar-refractivity contribution in [2.75, 3.05) is 0 Å². The van der Waals surface area contributed by atoms with Crippen molar-refractivity contribution in [1.82, 2.24) is 0 Å². The highest BCUT2D eigenvalue weighted by Crippen LogP contribution is 2.33. The number of aromatic hydroxyl groups is 2. The van der Waals surface area contributed by atoms with E-state index in [2.05, 4.69) is 6.58 Å². The van der Waals surface area contributed by atoms with Gasteiger partial charge in [-0.3, -0.25) is 0 Å². The van der Waals surface area contributed by atoms with E-state index in [4.69, 9.17) is 0 Å². The van der Waals surface area contributed by atoms with Gasteiger partial charge in [-0.15, -0.1) is 0 Å². The lowest BCUT2D eigenvalue weighted by atomic mass is 10.0. The topological polar surface area (TPSA) is 40.5 Å². The molecule has 0 radical (unpaired) electrons. The predicted molar refractivity (Wildman–Crippen MR) is 53.8 cm³/mol. The minimum absolute atomic E-state index is 0.116. The van der Waals surface area contributed by atoms with Crippen LogP contribution in [0.15, 0.2) is 18.7 Å². The second-order valence-corrected chi connectivity index (χ2v) is 3.06. The van der Waals surface area contributed by atoms with E-state index in [0.717, 1.165) is 17.6 Å². The van der Waals surface area contributed by atoms with Gasteiger partial charge < -0.3 is 10.2 Å². The summed E-state index contributed by atoms with van der Waals surface area (Å²) < 4.78 is 0. The van der Waals surface area contributed by atoms with Crippen LogP contribution in [0.4, 0.5) is 0 Å². The molecule has 1 aromatic rings. The van der Waals surface area contributed by atoms with Gasteiger partial charge in [0.15, 0.2) is 0 Å². The summed E-state index contributed by atoms with van der Waals surface area (Å²) in [6.07, 6.45) is 0.789. The summed E-state index contributed by atoms with van der Waals surface area (Å²) in [7, 11) is 0. The summed E-state index contributed by atoms with van der Waals surface area (Å²) in [5, 5.41) is 18.9. The minimum Gasteiger partial charge on any atom is -0.508 e. The van der Waals surface area contributed by atoms with Crippen LogP contribution in [0, 0.1) is 6.92 Å². The maximum absolute atomic E-state index is 9.66. The first-order valence-electron chi connectivity index (χ1n) is 4.27. The molecule has 0 fully saturated rings. The van der Waals surface area contributed by atoms with Gasteiger partial charge in [0.1, 0.15) is 11.5 Å². The third-order valence-corrected chi connectivity index (χ3v) is 2.21. The highest BCUT2D eigenvalue weighted by molar-refractivity contribution is 5.71. The zero-order valence-corrected chi connectivity index (χ0v) is 7.96. The van der Waals surface area contributed by atoms with Gasteiger partial charge in [0.25, 0.3) is 0 Å². The van der Waals surface area contributed by atoms with Crippen LogP contribution in [0.25, 0.3) is 5.57 Å². The van der Waals surface area contributed by atoms with Crippen LogP contribution < -0.4 is 0 Å². The van der Waals surface area contributed by atoms with Crippen molar-refractivity contribution in [3.63, 3.8) is 0 Å². The number of phenols is 2. The van der Waals surface area contributed by atoms with Crippen LogP contribution in [0.5, 0.6) is 11.5 Å². The van der Waals surface area contributed by atoms with Crippen molar-refractivity contribution in [3.8, 4) is 11.5 Å². The average molecular weight is 178 g/mol. The van der Waals surface area contributed by atoms with Gasteiger partial charge in [0.05, 0.1) is 0 Å². The second-order valence-electron chi connectivity index (χ2n) is 3.06. The van der Waals surface area contributed by atoms with Gasteiger partial charge in [-0.1, -0.05) is 13.5 Å². The summed E-state index contributed by atoms with van der Waals surface area (Å²) in [4.78, 5) is 0. The lowest BCUT2D eigenvalue weighted by Crippen LogP contribution is -1.85. The van der Waals surface area contributed by atoms with Gasteiger partial charge in [0.2, 0.25) is 0 Å². The second kappa shape index (κ2) is 3.52. The molecular weight excluding hydrogens is 164 g/mol. The molecule has 0 aromatic heterocycles. The Morgan fingerprint density at radius 2 is 2.00 bits per heavy atom. The van der Waals surface area contributed by atoms with Crippen LogP contribution in [0.2, 0.25) is 0 Å². The van der Waals surface area contributed by atoms with Gasteiger partial charge in [0, 0.05) is 11.1 Å². The monoisotopic (exact) mass is 178 g/mol.